The van der Waals surface area contributed by atoms with Crippen molar-refractivity contribution in [2.75, 3.05) is 11.8 Å². The molecule has 2 aromatic rings. The molecule has 2 rings (SSSR count). The molecule has 0 aliphatic heterocycles. The van der Waals surface area contributed by atoms with Gasteiger partial charge in [-0.25, -0.2) is 8.42 Å². The largest absolute Gasteiger partial charge is 0.316 e. The van der Waals surface area contributed by atoms with Crippen LogP contribution in [0.15, 0.2) is 48.8 Å². The predicted octanol–water partition coefficient (Wildman–Crippen LogP) is 1.74. The molecular weight excluding hydrogens is 274 g/mol. The Morgan fingerprint density at radius 2 is 1.95 bits per heavy atom. The molecule has 1 aromatic carbocycles. The van der Waals surface area contributed by atoms with Crippen LogP contribution in [0.5, 0.6) is 0 Å². The zero-order valence-corrected chi connectivity index (χ0v) is 12.0. The van der Waals surface area contributed by atoms with E-state index in [4.69, 9.17) is 0 Å². The Bertz CT molecular complexity index is 657. The molecule has 6 heteroatoms. The molecule has 0 saturated heterocycles. The summed E-state index contributed by atoms with van der Waals surface area (Å²) in [6, 6.07) is 10.9. The second-order valence-corrected chi connectivity index (χ2v) is 6.18. The van der Waals surface area contributed by atoms with Crippen LogP contribution in [0.25, 0.3) is 0 Å². The first-order chi connectivity index (χ1) is 9.59. The van der Waals surface area contributed by atoms with E-state index >= 15 is 0 Å². The van der Waals surface area contributed by atoms with Gasteiger partial charge in [0, 0.05) is 12.7 Å². The number of rotatable bonds is 6. The van der Waals surface area contributed by atoms with Crippen LogP contribution < -0.4 is 10.0 Å². The van der Waals surface area contributed by atoms with Crippen molar-refractivity contribution in [3.63, 3.8) is 0 Å². The highest BCUT2D eigenvalue weighted by Crippen LogP contribution is 2.12. The third kappa shape index (κ3) is 4.32. The zero-order chi connectivity index (χ0) is 14.4. The summed E-state index contributed by atoms with van der Waals surface area (Å²) in [7, 11) is -1.58. The van der Waals surface area contributed by atoms with Crippen LogP contribution in [-0.2, 0) is 22.3 Å². The Hall–Kier alpha value is -1.92. The van der Waals surface area contributed by atoms with Crippen LogP contribution in [0.3, 0.4) is 0 Å². The van der Waals surface area contributed by atoms with E-state index in [1.807, 2.05) is 31.3 Å². The van der Waals surface area contributed by atoms with E-state index in [2.05, 4.69) is 15.0 Å². The van der Waals surface area contributed by atoms with Crippen LogP contribution in [0.2, 0.25) is 0 Å². The SMILES string of the molecule is CNCc1cccc(CS(=O)(=O)Nc2cccnc2)c1. The third-order valence-electron chi connectivity index (χ3n) is 2.66. The molecule has 0 aliphatic carbocycles. The predicted molar refractivity (Wildman–Crippen MR) is 79.7 cm³/mol. The van der Waals surface area contributed by atoms with Crippen molar-refractivity contribution < 1.29 is 8.42 Å². The molecule has 20 heavy (non-hydrogen) atoms. The highest BCUT2D eigenvalue weighted by atomic mass is 32.2. The van der Waals surface area contributed by atoms with Gasteiger partial charge in [-0.1, -0.05) is 24.3 Å². The second kappa shape index (κ2) is 6.49. The van der Waals surface area contributed by atoms with E-state index in [9.17, 15) is 8.42 Å². The molecule has 5 nitrogen and oxygen atoms in total. The Morgan fingerprint density at radius 1 is 1.15 bits per heavy atom. The van der Waals surface area contributed by atoms with E-state index in [0.29, 0.717) is 12.2 Å². The molecule has 1 aromatic heterocycles. The van der Waals surface area contributed by atoms with Crippen LogP contribution >= 0.6 is 0 Å². The standard InChI is InChI=1S/C14H17N3O2S/c1-15-9-12-4-2-5-13(8-12)11-20(18,19)17-14-6-3-7-16-10-14/h2-8,10,15,17H,9,11H2,1H3. The molecule has 2 N–H and O–H groups in total. The normalized spacial score (nSPS) is 11.2. The van der Waals surface area contributed by atoms with Crippen molar-refractivity contribution in [2.45, 2.75) is 12.3 Å². The number of benzene rings is 1. The molecule has 0 fully saturated rings. The number of nitrogens with zero attached hydrogens (tertiary/aromatic N) is 1. The van der Waals surface area contributed by atoms with Gasteiger partial charge < -0.3 is 5.32 Å². The van der Waals surface area contributed by atoms with E-state index in [0.717, 1.165) is 11.1 Å². The number of nitrogens with one attached hydrogen (secondary N) is 2. The summed E-state index contributed by atoms with van der Waals surface area (Å²) in [6.07, 6.45) is 3.08. The average Bonchev–Trinajstić information content (AvgIpc) is 2.39. The topological polar surface area (TPSA) is 71.1 Å². The molecule has 0 atom stereocenters. The Kier molecular flexibility index (Phi) is 4.70. The fraction of sp³-hybridized carbons (Fsp3) is 0.214. The van der Waals surface area contributed by atoms with Gasteiger partial charge in [0.05, 0.1) is 17.6 Å². The fourth-order valence-corrected chi connectivity index (χ4v) is 3.06. The van der Waals surface area contributed by atoms with Gasteiger partial charge in [0.1, 0.15) is 0 Å². The molecule has 0 spiro atoms. The lowest BCUT2D eigenvalue weighted by Crippen LogP contribution is -2.15. The van der Waals surface area contributed by atoms with Crippen molar-refractivity contribution in [1.82, 2.24) is 10.3 Å². The lowest BCUT2D eigenvalue weighted by atomic mass is 10.1. The van der Waals surface area contributed by atoms with Crippen LogP contribution in [0.4, 0.5) is 5.69 Å². The zero-order valence-electron chi connectivity index (χ0n) is 11.2. The summed E-state index contributed by atoms with van der Waals surface area (Å²) in [6.45, 7) is 0.712. The maximum absolute atomic E-state index is 12.1. The van der Waals surface area contributed by atoms with Gasteiger partial charge in [0.15, 0.2) is 0 Å². The van der Waals surface area contributed by atoms with Gasteiger partial charge in [-0.15, -0.1) is 0 Å². The summed E-state index contributed by atoms with van der Waals surface area (Å²) < 4.78 is 26.7. The van der Waals surface area contributed by atoms with Crippen molar-refractivity contribution in [1.29, 1.82) is 0 Å². The molecule has 0 unspecified atom stereocenters. The number of aromatic nitrogens is 1. The summed E-state index contributed by atoms with van der Waals surface area (Å²) in [5.41, 5.74) is 2.29. The summed E-state index contributed by atoms with van der Waals surface area (Å²) in [4.78, 5) is 3.88. The number of hydrogen-bond acceptors (Lipinski definition) is 4. The van der Waals surface area contributed by atoms with Gasteiger partial charge in [0.25, 0.3) is 0 Å². The molecule has 0 amide bonds. The maximum Gasteiger partial charge on any atom is 0.236 e. The first-order valence-corrected chi connectivity index (χ1v) is 7.87. The number of sulfonamides is 1. The van der Waals surface area contributed by atoms with Crippen molar-refractivity contribution in [2.24, 2.45) is 0 Å². The van der Waals surface area contributed by atoms with Gasteiger partial charge in [-0.05, 0) is 30.3 Å². The first kappa shape index (κ1) is 14.5. The smallest absolute Gasteiger partial charge is 0.236 e. The number of hydrogen-bond donors (Lipinski definition) is 2. The molecule has 0 aliphatic rings. The van der Waals surface area contributed by atoms with E-state index in [1.165, 1.54) is 6.20 Å². The Morgan fingerprint density at radius 3 is 2.65 bits per heavy atom. The van der Waals surface area contributed by atoms with Crippen molar-refractivity contribution in [3.05, 3.63) is 59.9 Å². The highest BCUT2D eigenvalue weighted by molar-refractivity contribution is 7.91. The van der Waals surface area contributed by atoms with Crippen molar-refractivity contribution in [3.8, 4) is 0 Å². The summed E-state index contributed by atoms with van der Waals surface area (Å²) in [5, 5.41) is 3.04. The summed E-state index contributed by atoms with van der Waals surface area (Å²) >= 11 is 0. The number of anilines is 1. The molecule has 0 radical (unpaired) electrons. The Balaban J connectivity index is 2.10. The number of pyridine rings is 1. The third-order valence-corrected chi connectivity index (χ3v) is 3.92. The minimum absolute atomic E-state index is 0.0561. The van der Waals surface area contributed by atoms with Gasteiger partial charge in [0.2, 0.25) is 10.0 Å². The van der Waals surface area contributed by atoms with E-state index in [1.54, 1.807) is 18.3 Å². The average molecular weight is 291 g/mol. The molecule has 106 valence electrons. The maximum atomic E-state index is 12.1. The quantitative estimate of drug-likeness (QED) is 0.850. The fourth-order valence-electron chi connectivity index (χ4n) is 1.89. The minimum Gasteiger partial charge on any atom is -0.316 e. The first-order valence-electron chi connectivity index (χ1n) is 6.22. The van der Waals surface area contributed by atoms with Crippen LogP contribution in [0.1, 0.15) is 11.1 Å². The summed E-state index contributed by atoms with van der Waals surface area (Å²) in [5.74, 6) is -0.0561. The van der Waals surface area contributed by atoms with Crippen LogP contribution in [-0.4, -0.2) is 20.4 Å². The second-order valence-electron chi connectivity index (χ2n) is 4.45. The van der Waals surface area contributed by atoms with E-state index < -0.39 is 10.0 Å². The van der Waals surface area contributed by atoms with Gasteiger partial charge in [-0.2, -0.15) is 0 Å². The van der Waals surface area contributed by atoms with E-state index in [-0.39, 0.29) is 5.75 Å². The van der Waals surface area contributed by atoms with Gasteiger partial charge >= 0.3 is 0 Å². The lowest BCUT2D eigenvalue weighted by molar-refractivity contribution is 0.600. The molecular formula is C14H17N3O2S. The highest BCUT2D eigenvalue weighted by Gasteiger charge is 2.12. The Labute approximate surface area is 119 Å². The van der Waals surface area contributed by atoms with Crippen LogP contribution in [0, 0.1) is 0 Å². The molecule has 0 saturated carbocycles. The van der Waals surface area contributed by atoms with Gasteiger partial charge in [-0.3, -0.25) is 9.71 Å². The molecule has 0 bridgehead atoms. The van der Waals surface area contributed by atoms with Crippen molar-refractivity contribution >= 4 is 15.7 Å². The minimum atomic E-state index is -3.43. The lowest BCUT2D eigenvalue weighted by Gasteiger charge is -2.08. The molecule has 1 heterocycles. The monoisotopic (exact) mass is 291 g/mol.